The van der Waals surface area contributed by atoms with Crippen molar-refractivity contribution in [1.29, 1.82) is 5.26 Å². The number of aryl methyl sites for hydroxylation is 1. The van der Waals surface area contributed by atoms with Gasteiger partial charge in [0.1, 0.15) is 17.4 Å². The normalized spacial score (nSPS) is 15.1. The van der Waals surface area contributed by atoms with Gasteiger partial charge in [-0.1, -0.05) is 6.07 Å². The maximum Gasteiger partial charge on any atom is 0.143 e. The van der Waals surface area contributed by atoms with Crippen molar-refractivity contribution in [2.24, 2.45) is 0 Å². The van der Waals surface area contributed by atoms with E-state index in [0.29, 0.717) is 11.7 Å². The Labute approximate surface area is 110 Å². The first-order valence-corrected chi connectivity index (χ1v) is 6.13. The van der Waals surface area contributed by atoms with Crippen molar-refractivity contribution in [3.8, 4) is 6.07 Å². The molecule has 5 heteroatoms. The highest BCUT2D eigenvalue weighted by atomic mass is 19.1. The fourth-order valence-electron chi connectivity index (χ4n) is 2.34. The van der Waals surface area contributed by atoms with Gasteiger partial charge in [-0.25, -0.2) is 4.39 Å². The maximum atomic E-state index is 13.5. The molecule has 4 nitrogen and oxygen atoms in total. The zero-order valence-electron chi connectivity index (χ0n) is 10.5. The van der Waals surface area contributed by atoms with E-state index >= 15 is 0 Å². The molecule has 1 aromatic carbocycles. The highest BCUT2D eigenvalue weighted by Crippen LogP contribution is 2.31. The summed E-state index contributed by atoms with van der Waals surface area (Å²) in [5.41, 5.74) is 1.92. The number of aromatic nitrogens is 2. The summed E-state index contributed by atoms with van der Waals surface area (Å²) in [6, 6.07) is 6.96. The summed E-state index contributed by atoms with van der Waals surface area (Å²) in [5, 5.41) is 13.3. The number of nitrogens with zero attached hydrogens (tertiary/aromatic N) is 4. The molecule has 0 unspecified atom stereocenters. The van der Waals surface area contributed by atoms with Crippen LogP contribution < -0.4 is 4.90 Å². The molecular weight excluding hydrogens is 243 g/mol. The van der Waals surface area contributed by atoms with Gasteiger partial charge in [-0.3, -0.25) is 4.68 Å². The van der Waals surface area contributed by atoms with Crippen LogP contribution in [0.1, 0.15) is 17.2 Å². The molecule has 0 radical (unpaired) electrons. The van der Waals surface area contributed by atoms with Crippen LogP contribution >= 0.6 is 0 Å². The Hall–Kier alpha value is -2.35. The van der Waals surface area contributed by atoms with Crippen molar-refractivity contribution < 1.29 is 4.39 Å². The van der Waals surface area contributed by atoms with Crippen molar-refractivity contribution in [1.82, 2.24) is 9.78 Å². The van der Waals surface area contributed by atoms with Gasteiger partial charge in [0.25, 0.3) is 0 Å². The highest BCUT2D eigenvalue weighted by Gasteiger charge is 2.30. The number of rotatable bonds is 2. The second kappa shape index (κ2) is 4.39. The molecule has 96 valence electrons. The number of benzene rings is 1. The van der Waals surface area contributed by atoms with Crippen LogP contribution in [0.25, 0.3) is 0 Å². The predicted octanol–water partition coefficient (Wildman–Crippen LogP) is 2.26. The molecule has 19 heavy (non-hydrogen) atoms. The van der Waals surface area contributed by atoms with Crippen molar-refractivity contribution in [3.63, 3.8) is 0 Å². The molecular formula is C14H13FN4. The first-order chi connectivity index (χ1) is 9.19. The molecule has 1 aliphatic heterocycles. The van der Waals surface area contributed by atoms with Crippen LogP contribution in [-0.2, 0) is 0 Å². The summed E-state index contributed by atoms with van der Waals surface area (Å²) >= 11 is 0. The largest absolute Gasteiger partial charge is 0.366 e. The van der Waals surface area contributed by atoms with E-state index in [1.54, 1.807) is 12.1 Å². The van der Waals surface area contributed by atoms with E-state index in [-0.39, 0.29) is 5.56 Å². The number of hydrogen-bond acceptors (Lipinski definition) is 3. The van der Waals surface area contributed by atoms with E-state index < -0.39 is 5.82 Å². The lowest BCUT2D eigenvalue weighted by molar-refractivity contribution is 0.367. The minimum atomic E-state index is -0.460. The average molecular weight is 256 g/mol. The van der Waals surface area contributed by atoms with E-state index in [4.69, 9.17) is 5.26 Å². The van der Waals surface area contributed by atoms with Crippen molar-refractivity contribution in [2.75, 3.05) is 18.0 Å². The number of halogens is 1. The molecule has 2 heterocycles. The summed E-state index contributed by atoms with van der Waals surface area (Å²) in [6.07, 6.45) is 3.82. The summed E-state index contributed by atoms with van der Waals surface area (Å²) in [5.74, 6) is -0.460. The molecule has 1 fully saturated rings. The quantitative estimate of drug-likeness (QED) is 0.828. The highest BCUT2D eigenvalue weighted by molar-refractivity contribution is 5.61. The van der Waals surface area contributed by atoms with Crippen molar-refractivity contribution >= 4 is 5.69 Å². The molecule has 0 saturated carbocycles. The minimum Gasteiger partial charge on any atom is -0.366 e. The fourth-order valence-corrected chi connectivity index (χ4v) is 2.34. The second-order valence-electron chi connectivity index (χ2n) is 4.80. The van der Waals surface area contributed by atoms with Gasteiger partial charge < -0.3 is 4.90 Å². The second-order valence-corrected chi connectivity index (χ2v) is 4.80. The standard InChI is InChI=1S/C14H13FN4/c1-10-6-17-19(7-10)11-8-18(9-11)14-4-2-3-13(15)12(14)5-16/h2-4,6-7,11H,8-9H2,1H3. The van der Waals surface area contributed by atoms with E-state index in [2.05, 4.69) is 5.10 Å². The summed E-state index contributed by atoms with van der Waals surface area (Å²) in [7, 11) is 0. The third-order valence-corrected chi connectivity index (χ3v) is 3.41. The number of nitriles is 1. The molecule has 0 bridgehead atoms. The lowest BCUT2D eigenvalue weighted by Gasteiger charge is -2.41. The zero-order valence-corrected chi connectivity index (χ0v) is 10.5. The third kappa shape index (κ3) is 1.95. The molecule has 3 rings (SSSR count). The van der Waals surface area contributed by atoms with Gasteiger partial charge in [-0.2, -0.15) is 10.4 Å². The lowest BCUT2D eigenvalue weighted by Crippen LogP contribution is -2.48. The topological polar surface area (TPSA) is 44.9 Å². The summed E-state index contributed by atoms with van der Waals surface area (Å²) in [4.78, 5) is 2.00. The van der Waals surface area contributed by atoms with Gasteiger partial charge in [0.05, 0.1) is 17.9 Å². The third-order valence-electron chi connectivity index (χ3n) is 3.41. The Morgan fingerprint density at radius 3 is 2.84 bits per heavy atom. The molecule has 2 aromatic rings. The van der Waals surface area contributed by atoms with Crippen molar-refractivity contribution in [3.05, 3.63) is 47.5 Å². The fraction of sp³-hybridized carbons (Fsp3) is 0.286. The van der Waals surface area contributed by atoms with Crippen molar-refractivity contribution in [2.45, 2.75) is 13.0 Å². The van der Waals surface area contributed by atoms with Gasteiger partial charge in [0, 0.05) is 19.3 Å². The van der Waals surface area contributed by atoms with Crippen LogP contribution in [0.3, 0.4) is 0 Å². The molecule has 0 spiro atoms. The molecule has 0 atom stereocenters. The predicted molar refractivity (Wildman–Crippen MR) is 69.3 cm³/mol. The van der Waals surface area contributed by atoms with E-state index in [9.17, 15) is 4.39 Å². The molecule has 0 amide bonds. The van der Waals surface area contributed by atoms with Gasteiger partial charge in [-0.05, 0) is 24.6 Å². The van der Waals surface area contributed by atoms with E-state index in [1.807, 2.05) is 35.0 Å². The lowest BCUT2D eigenvalue weighted by atomic mass is 10.0. The first-order valence-electron chi connectivity index (χ1n) is 6.13. The van der Waals surface area contributed by atoms with Gasteiger partial charge in [0.2, 0.25) is 0 Å². The molecule has 1 aromatic heterocycles. The van der Waals surface area contributed by atoms with Crippen LogP contribution in [0, 0.1) is 24.1 Å². The van der Waals surface area contributed by atoms with E-state index in [0.717, 1.165) is 18.7 Å². The Balaban J connectivity index is 1.78. The molecule has 1 saturated heterocycles. The van der Waals surface area contributed by atoms with E-state index in [1.165, 1.54) is 6.07 Å². The Morgan fingerprint density at radius 2 is 2.21 bits per heavy atom. The molecule has 0 N–H and O–H groups in total. The maximum absolute atomic E-state index is 13.5. The van der Waals surface area contributed by atoms with Gasteiger partial charge in [-0.15, -0.1) is 0 Å². The smallest absolute Gasteiger partial charge is 0.143 e. The Morgan fingerprint density at radius 1 is 1.42 bits per heavy atom. The molecule has 1 aliphatic rings. The average Bonchev–Trinajstić information content (AvgIpc) is 2.74. The van der Waals surface area contributed by atoms with Crippen LogP contribution in [0.15, 0.2) is 30.6 Å². The van der Waals surface area contributed by atoms with Crippen LogP contribution in [0.5, 0.6) is 0 Å². The first kappa shape index (κ1) is 11.7. The molecule has 0 aliphatic carbocycles. The summed E-state index contributed by atoms with van der Waals surface area (Å²) < 4.78 is 15.5. The van der Waals surface area contributed by atoms with Gasteiger partial charge in [0.15, 0.2) is 0 Å². The minimum absolute atomic E-state index is 0.123. The Kier molecular flexibility index (Phi) is 2.71. The van der Waals surface area contributed by atoms with Crippen LogP contribution in [0.2, 0.25) is 0 Å². The Bertz CT molecular complexity index is 650. The van der Waals surface area contributed by atoms with Crippen LogP contribution in [0.4, 0.5) is 10.1 Å². The monoisotopic (exact) mass is 256 g/mol. The van der Waals surface area contributed by atoms with Crippen LogP contribution in [-0.4, -0.2) is 22.9 Å². The SMILES string of the molecule is Cc1cnn(C2CN(c3cccc(F)c3C#N)C2)c1. The number of anilines is 1. The zero-order chi connectivity index (χ0) is 13.4. The number of hydrogen-bond donors (Lipinski definition) is 0. The van der Waals surface area contributed by atoms with Gasteiger partial charge >= 0.3 is 0 Å². The summed E-state index contributed by atoms with van der Waals surface area (Å²) in [6.45, 7) is 3.50.